The third-order valence-corrected chi connectivity index (χ3v) is 6.73. The maximum Gasteiger partial charge on any atom is 0.321 e. The van der Waals surface area contributed by atoms with Crippen LogP contribution in [0.5, 0.6) is 11.5 Å². The first-order valence-corrected chi connectivity index (χ1v) is 12.8. The molecule has 39 heavy (non-hydrogen) atoms. The van der Waals surface area contributed by atoms with Crippen LogP contribution in [-0.2, 0) is 0 Å². The predicted octanol–water partition coefficient (Wildman–Crippen LogP) is 4.44. The van der Waals surface area contributed by atoms with Crippen LogP contribution in [0.3, 0.4) is 0 Å². The highest BCUT2D eigenvalue weighted by atomic mass is 16.5. The Hall–Kier alpha value is -4.60. The van der Waals surface area contributed by atoms with Crippen LogP contribution in [0.2, 0.25) is 0 Å². The highest BCUT2D eigenvalue weighted by molar-refractivity contribution is 5.91. The van der Waals surface area contributed by atoms with E-state index in [4.69, 9.17) is 24.4 Å². The molecule has 1 fully saturated rings. The van der Waals surface area contributed by atoms with Crippen molar-refractivity contribution in [2.24, 2.45) is 0 Å². The first kappa shape index (κ1) is 26.0. The van der Waals surface area contributed by atoms with Crippen molar-refractivity contribution >= 4 is 34.5 Å². The maximum atomic E-state index is 12.9. The average Bonchev–Trinajstić information content (AvgIpc) is 2.96. The number of anilines is 3. The fourth-order valence-corrected chi connectivity index (χ4v) is 4.61. The second-order valence-corrected chi connectivity index (χ2v) is 9.65. The Morgan fingerprint density at radius 2 is 1.67 bits per heavy atom. The molecular formula is C29H33N7O3. The molecule has 0 aliphatic carbocycles. The number of amides is 2. The number of pyridine rings is 1. The Labute approximate surface area is 228 Å². The fourth-order valence-electron chi connectivity index (χ4n) is 4.61. The SMILES string of the molecule is COc1ccc(-c2ccc3nc(N(C)C)nc(N4CCN(C(=O)Nc5cccc(C)c5)CC4)c3n2)cc1OC. The van der Waals surface area contributed by atoms with Gasteiger partial charge in [-0.1, -0.05) is 12.1 Å². The first-order chi connectivity index (χ1) is 18.9. The Morgan fingerprint density at radius 3 is 2.36 bits per heavy atom. The van der Waals surface area contributed by atoms with E-state index in [0.29, 0.717) is 49.1 Å². The second-order valence-electron chi connectivity index (χ2n) is 9.65. The summed E-state index contributed by atoms with van der Waals surface area (Å²) in [5.41, 5.74) is 5.05. The van der Waals surface area contributed by atoms with Gasteiger partial charge in [-0.3, -0.25) is 0 Å². The van der Waals surface area contributed by atoms with Crippen LogP contribution in [0.25, 0.3) is 22.3 Å². The lowest BCUT2D eigenvalue weighted by Gasteiger charge is -2.35. The molecule has 2 amide bonds. The van der Waals surface area contributed by atoms with E-state index >= 15 is 0 Å². The Bertz CT molecular complexity index is 1500. The summed E-state index contributed by atoms with van der Waals surface area (Å²) < 4.78 is 10.9. The Morgan fingerprint density at radius 1 is 0.897 bits per heavy atom. The van der Waals surface area contributed by atoms with Gasteiger partial charge in [-0.2, -0.15) is 4.98 Å². The number of nitrogens with one attached hydrogen (secondary N) is 1. The molecule has 5 rings (SSSR count). The number of rotatable bonds is 6. The van der Waals surface area contributed by atoms with E-state index in [1.807, 2.05) is 85.4 Å². The molecule has 1 saturated heterocycles. The van der Waals surface area contributed by atoms with Gasteiger partial charge in [-0.15, -0.1) is 0 Å². The van der Waals surface area contributed by atoms with Crippen LogP contribution in [0, 0.1) is 6.92 Å². The molecule has 4 aromatic rings. The molecule has 0 unspecified atom stereocenters. The van der Waals surface area contributed by atoms with E-state index in [2.05, 4.69) is 10.2 Å². The number of ether oxygens (including phenoxy) is 2. The fraction of sp³-hybridized carbons (Fsp3) is 0.310. The van der Waals surface area contributed by atoms with Crippen LogP contribution >= 0.6 is 0 Å². The van der Waals surface area contributed by atoms with Gasteiger partial charge in [-0.05, 0) is 55.0 Å². The van der Waals surface area contributed by atoms with E-state index < -0.39 is 0 Å². The zero-order valence-electron chi connectivity index (χ0n) is 22.9. The number of piperazine rings is 1. The third kappa shape index (κ3) is 5.50. The van der Waals surface area contributed by atoms with Gasteiger partial charge in [0.2, 0.25) is 5.95 Å². The van der Waals surface area contributed by atoms with Gasteiger partial charge in [0.15, 0.2) is 17.3 Å². The van der Waals surface area contributed by atoms with Gasteiger partial charge in [0.05, 0.1) is 25.4 Å². The largest absolute Gasteiger partial charge is 0.493 e. The average molecular weight is 528 g/mol. The molecule has 0 saturated carbocycles. The van der Waals surface area contributed by atoms with E-state index in [9.17, 15) is 4.79 Å². The molecule has 0 bridgehead atoms. The number of carbonyl (C=O) groups excluding carboxylic acids is 1. The monoisotopic (exact) mass is 527 g/mol. The summed E-state index contributed by atoms with van der Waals surface area (Å²) in [6, 6.07) is 17.4. The van der Waals surface area contributed by atoms with Gasteiger partial charge in [-0.25, -0.2) is 14.8 Å². The molecule has 0 atom stereocenters. The highest BCUT2D eigenvalue weighted by Crippen LogP contribution is 2.33. The zero-order valence-corrected chi connectivity index (χ0v) is 22.9. The van der Waals surface area contributed by atoms with E-state index in [-0.39, 0.29) is 6.03 Å². The van der Waals surface area contributed by atoms with Crippen molar-refractivity contribution in [1.82, 2.24) is 19.9 Å². The van der Waals surface area contributed by atoms with Gasteiger partial charge in [0, 0.05) is 51.5 Å². The van der Waals surface area contributed by atoms with Gasteiger partial charge in [0.1, 0.15) is 5.52 Å². The quantitative estimate of drug-likeness (QED) is 0.393. The number of nitrogens with zero attached hydrogens (tertiary/aromatic N) is 6. The standard InChI is InChI=1S/C29H33N7O3/c1-19-7-6-8-21(17-19)30-29(37)36-15-13-35(14-16-36)27-26-23(32-28(33-27)34(2)3)11-10-22(31-26)20-9-12-24(38-4)25(18-20)39-5/h6-12,17-18H,13-16H2,1-5H3,(H,30,37). The minimum atomic E-state index is -0.101. The summed E-state index contributed by atoms with van der Waals surface area (Å²) in [5.74, 6) is 2.66. The van der Waals surface area contributed by atoms with Crippen LogP contribution in [0.1, 0.15) is 5.56 Å². The molecule has 202 valence electrons. The molecular weight excluding hydrogens is 494 g/mol. The number of benzene rings is 2. The lowest BCUT2D eigenvalue weighted by Crippen LogP contribution is -2.50. The molecule has 1 aliphatic rings. The lowest BCUT2D eigenvalue weighted by atomic mass is 10.1. The maximum absolute atomic E-state index is 12.9. The summed E-state index contributed by atoms with van der Waals surface area (Å²) in [5, 5.41) is 3.01. The number of hydrogen-bond donors (Lipinski definition) is 1. The van der Waals surface area contributed by atoms with Crippen molar-refractivity contribution < 1.29 is 14.3 Å². The number of urea groups is 1. The van der Waals surface area contributed by atoms with E-state index in [0.717, 1.165) is 33.8 Å². The summed E-state index contributed by atoms with van der Waals surface area (Å²) in [6.07, 6.45) is 0. The number of hydrogen-bond acceptors (Lipinski definition) is 8. The molecule has 0 radical (unpaired) electrons. The minimum absolute atomic E-state index is 0.101. The summed E-state index contributed by atoms with van der Waals surface area (Å²) in [7, 11) is 7.07. The number of aryl methyl sites for hydroxylation is 1. The summed E-state index contributed by atoms with van der Waals surface area (Å²) >= 11 is 0. The molecule has 2 aromatic carbocycles. The first-order valence-electron chi connectivity index (χ1n) is 12.8. The lowest BCUT2D eigenvalue weighted by molar-refractivity contribution is 0.208. The van der Waals surface area contributed by atoms with Gasteiger partial charge >= 0.3 is 6.03 Å². The van der Waals surface area contributed by atoms with Crippen LogP contribution < -0.4 is 24.6 Å². The minimum Gasteiger partial charge on any atom is -0.493 e. The Kier molecular flexibility index (Phi) is 7.36. The summed E-state index contributed by atoms with van der Waals surface area (Å²) in [4.78, 5) is 33.4. The van der Waals surface area contributed by atoms with Crippen molar-refractivity contribution in [1.29, 1.82) is 0 Å². The molecule has 0 spiro atoms. The molecule has 1 N–H and O–H groups in total. The molecule has 2 aromatic heterocycles. The predicted molar refractivity (Wildman–Crippen MR) is 154 cm³/mol. The topological polar surface area (TPSA) is 96.0 Å². The number of fused-ring (bicyclic) bond motifs is 1. The van der Waals surface area contributed by atoms with Crippen LogP contribution in [0.4, 0.5) is 22.2 Å². The number of carbonyl (C=O) groups is 1. The van der Waals surface area contributed by atoms with Crippen molar-refractivity contribution in [2.45, 2.75) is 6.92 Å². The molecule has 10 heteroatoms. The molecule has 1 aliphatic heterocycles. The van der Waals surface area contributed by atoms with E-state index in [1.54, 1.807) is 14.2 Å². The van der Waals surface area contributed by atoms with E-state index in [1.165, 1.54) is 0 Å². The highest BCUT2D eigenvalue weighted by Gasteiger charge is 2.25. The molecule has 10 nitrogen and oxygen atoms in total. The van der Waals surface area contributed by atoms with Gasteiger partial charge in [0.25, 0.3) is 0 Å². The van der Waals surface area contributed by atoms with Crippen molar-refractivity contribution in [3.63, 3.8) is 0 Å². The van der Waals surface area contributed by atoms with Crippen LogP contribution in [-0.4, -0.2) is 80.4 Å². The third-order valence-electron chi connectivity index (χ3n) is 6.73. The van der Waals surface area contributed by atoms with Crippen molar-refractivity contribution in [3.05, 3.63) is 60.2 Å². The van der Waals surface area contributed by atoms with Crippen LogP contribution in [0.15, 0.2) is 54.6 Å². The normalized spacial score (nSPS) is 13.4. The van der Waals surface area contributed by atoms with Gasteiger partial charge < -0.3 is 29.5 Å². The zero-order chi connectivity index (χ0) is 27.5. The van der Waals surface area contributed by atoms with Crippen molar-refractivity contribution in [2.75, 3.05) is 69.6 Å². The number of methoxy groups -OCH3 is 2. The molecule has 3 heterocycles. The Balaban J connectivity index is 1.42. The smallest absolute Gasteiger partial charge is 0.321 e. The summed E-state index contributed by atoms with van der Waals surface area (Å²) in [6.45, 7) is 4.39. The van der Waals surface area contributed by atoms with Crippen molar-refractivity contribution in [3.8, 4) is 22.8 Å². The number of aromatic nitrogens is 3. The second kappa shape index (κ2) is 11.0.